The molecule has 0 spiro atoms. The fourth-order valence-corrected chi connectivity index (χ4v) is 3.09. The van der Waals surface area contributed by atoms with Crippen LogP contribution >= 0.6 is 12.2 Å². The van der Waals surface area contributed by atoms with Gasteiger partial charge in [-0.3, -0.25) is 4.98 Å². The van der Waals surface area contributed by atoms with Crippen molar-refractivity contribution in [1.29, 1.82) is 0 Å². The summed E-state index contributed by atoms with van der Waals surface area (Å²) in [5, 5.41) is 0. The maximum Gasteiger partial charge on any atom is 0.122 e. The first-order valence-electron chi connectivity index (χ1n) is 5.76. The zero-order chi connectivity index (χ0) is 11.1. The number of aromatic nitrogens is 1. The lowest BCUT2D eigenvalue weighted by Gasteiger charge is -2.29. The van der Waals surface area contributed by atoms with Gasteiger partial charge in [-0.15, -0.1) is 0 Å². The molecule has 2 aliphatic rings. The van der Waals surface area contributed by atoms with Crippen molar-refractivity contribution in [2.24, 2.45) is 11.7 Å². The molecule has 0 amide bonds. The van der Waals surface area contributed by atoms with E-state index in [1.54, 1.807) is 6.20 Å². The second-order valence-corrected chi connectivity index (χ2v) is 5.19. The molecule has 2 heterocycles. The number of pyridine rings is 1. The Kier molecular flexibility index (Phi) is 2.32. The van der Waals surface area contributed by atoms with E-state index in [0.29, 0.717) is 4.99 Å². The van der Waals surface area contributed by atoms with Gasteiger partial charge in [0, 0.05) is 24.5 Å². The van der Waals surface area contributed by atoms with E-state index in [2.05, 4.69) is 16.0 Å². The van der Waals surface area contributed by atoms with Crippen LogP contribution in [0.4, 0.5) is 5.69 Å². The van der Waals surface area contributed by atoms with Crippen molar-refractivity contribution >= 4 is 22.9 Å². The minimum absolute atomic E-state index is 0.381. The first-order chi connectivity index (χ1) is 7.74. The minimum Gasteiger partial charge on any atom is -0.388 e. The monoisotopic (exact) mass is 233 g/mol. The summed E-state index contributed by atoms with van der Waals surface area (Å²) in [7, 11) is 0. The molecule has 4 heteroatoms. The van der Waals surface area contributed by atoms with Gasteiger partial charge in [-0.05, 0) is 37.3 Å². The molecule has 2 bridgehead atoms. The highest BCUT2D eigenvalue weighted by Gasteiger charge is 2.37. The average molecular weight is 233 g/mol. The van der Waals surface area contributed by atoms with Crippen molar-refractivity contribution in [3.8, 4) is 0 Å². The maximum atomic E-state index is 5.61. The molecule has 2 atom stereocenters. The maximum absolute atomic E-state index is 5.61. The number of thiocarbonyl (C=S) groups is 1. The number of anilines is 1. The van der Waals surface area contributed by atoms with Crippen molar-refractivity contribution in [1.82, 2.24) is 4.98 Å². The number of rotatable bonds is 2. The first-order valence-corrected chi connectivity index (χ1v) is 6.17. The van der Waals surface area contributed by atoms with Crippen LogP contribution in [0.3, 0.4) is 0 Å². The molecule has 1 saturated carbocycles. The molecule has 2 unspecified atom stereocenters. The third-order valence-corrected chi connectivity index (χ3v) is 3.95. The largest absolute Gasteiger partial charge is 0.388 e. The lowest BCUT2D eigenvalue weighted by atomic mass is 10.1. The molecule has 1 aromatic heterocycles. The third kappa shape index (κ3) is 1.57. The van der Waals surface area contributed by atoms with Gasteiger partial charge in [0.15, 0.2) is 0 Å². The van der Waals surface area contributed by atoms with Crippen molar-refractivity contribution in [2.75, 3.05) is 11.4 Å². The highest BCUT2D eigenvalue weighted by Crippen LogP contribution is 2.40. The standard InChI is InChI=1S/C12H15N3S/c13-12(16)11-6-10(3-4-14-11)15-7-8-1-2-9(15)5-8/h3-4,6,8-9H,1-2,5,7H2,(H2,13,16). The van der Waals surface area contributed by atoms with Gasteiger partial charge in [0.2, 0.25) is 0 Å². The molecule has 1 aromatic rings. The first kappa shape index (κ1) is 10.0. The molecule has 1 saturated heterocycles. The predicted molar refractivity (Wildman–Crippen MR) is 68.6 cm³/mol. The minimum atomic E-state index is 0.381. The van der Waals surface area contributed by atoms with Gasteiger partial charge in [0.1, 0.15) is 4.99 Å². The van der Waals surface area contributed by atoms with Crippen LogP contribution < -0.4 is 10.6 Å². The normalized spacial score (nSPS) is 27.4. The third-order valence-electron chi connectivity index (χ3n) is 3.74. The summed E-state index contributed by atoms with van der Waals surface area (Å²) in [5.74, 6) is 0.895. The average Bonchev–Trinajstić information content (AvgIpc) is 2.91. The van der Waals surface area contributed by atoms with Gasteiger partial charge in [-0.25, -0.2) is 0 Å². The number of fused-ring (bicyclic) bond motifs is 2. The number of hydrogen-bond acceptors (Lipinski definition) is 3. The molecule has 2 N–H and O–H groups in total. The van der Waals surface area contributed by atoms with E-state index in [1.807, 2.05) is 6.07 Å². The van der Waals surface area contributed by atoms with Gasteiger partial charge in [0.25, 0.3) is 0 Å². The number of nitrogens with two attached hydrogens (primary N) is 1. The van der Waals surface area contributed by atoms with Crippen LogP contribution in [-0.4, -0.2) is 22.6 Å². The van der Waals surface area contributed by atoms with E-state index in [1.165, 1.54) is 31.5 Å². The highest BCUT2D eigenvalue weighted by molar-refractivity contribution is 7.80. The van der Waals surface area contributed by atoms with Crippen molar-refractivity contribution in [3.05, 3.63) is 24.0 Å². The Balaban J connectivity index is 1.89. The molecule has 16 heavy (non-hydrogen) atoms. The Bertz CT molecular complexity index is 432. The predicted octanol–water partition coefficient (Wildman–Crippen LogP) is 1.70. The van der Waals surface area contributed by atoms with Crippen LogP contribution in [-0.2, 0) is 0 Å². The quantitative estimate of drug-likeness (QED) is 0.790. The molecule has 1 aliphatic heterocycles. The lowest BCUT2D eigenvalue weighted by molar-refractivity contribution is 0.553. The van der Waals surface area contributed by atoms with Gasteiger partial charge < -0.3 is 10.6 Å². The van der Waals surface area contributed by atoms with E-state index >= 15 is 0 Å². The Morgan fingerprint density at radius 2 is 2.38 bits per heavy atom. The zero-order valence-electron chi connectivity index (χ0n) is 9.10. The van der Waals surface area contributed by atoms with E-state index in [9.17, 15) is 0 Å². The van der Waals surface area contributed by atoms with Crippen LogP contribution in [0.2, 0.25) is 0 Å². The lowest BCUT2D eigenvalue weighted by Crippen LogP contribution is -2.32. The topological polar surface area (TPSA) is 42.1 Å². The fourth-order valence-electron chi connectivity index (χ4n) is 2.97. The molecular weight excluding hydrogens is 218 g/mol. The molecule has 3 rings (SSSR count). The Morgan fingerprint density at radius 1 is 1.50 bits per heavy atom. The van der Waals surface area contributed by atoms with Crippen LogP contribution in [0.25, 0.3) is 0 Å². The van der Waals surface area contributed by atoms with Crippen LogP contribution in [0.1, 0.15) is 25.0 Å². The molecule has 3 nitrogen and oxygen atoms in total. The molecule has 1 aliphatic carbocycles. The van der Waals surface area contributed by atoms with Gasteiger partial charge in [0.05, 0.1) is 5.69 Å². The van der Waals surface area contributed by atoms with E-state index < -0.39 is 0 Å². The molecule has 84 valence electrons. The Hall–Kier alpha value is -1.16. The van der Waals surface area contributed by atoms with E-state index in [0.717, 1.165) is 17.7 Å². The number of hydrogen-bond donors (Lipinski definition) is 1. The summed E-state index contributed by atoms with van der Waals surface area (Å²) in [6.07, 6.45) is 5.88. The fraction of sp³-hybridized carbons (Fsp3) is 0.500. The van der Waals surface area contributed by atoms with Crippen LogP contribution in [0, 0.1) is 5.92 Å². The molecule has 0 aromatic carbocycles. The van der Waals surface area contributed by atoms with Gasteiger partial charge >= 0.3 is 0 Å². The molecule has 2 fully saturated rings. The number of piperidine rings is 1. The Labute approximate surface area is 101 Å². The van der Waals surface area contributed by atoms with Crippen molar-refractivity contribution < 1.29 is 0 Å². The molecule has 0 radical (unpaired) electrons. The second-order valence-electron chi connectivity index (χ2n) is 4.75. The summed E-state index contributed by atoms with van der Waals surface area (Å²) < 4.78 is 0. The smallest absolute Gasteiger partial charge is 0.122 e. The Morgan fingerprint density at radius 3 is 3.00 bits per heavy atom. The van der Waals surface area contributed by atoms with E-state index in [-0.39, 0.29) is 0 Å². The summed E-state index contributed by atoms with van der Waals surface area (Å²) in [4.78, 5) is 7.04. The summed E-state index contributed by atoms with van der Waals surface area (Å²) in [6.45, 7) is 1.19. The van der Waals surface area contributed by atoms with E-state index in [4.69, 9.17) is 18.0 Å². The zero-order valence-corrected chi connectivity index (χ0v) is 9.91. The van der Waals surface area contributed by atoms with Crippen molar-refractivity contribution in [2.45, 2.75) is 25.3 Å². The van der Waals surface area contributed by atoms with Crippen LogP contribution in [0.15, 0.2) is 18.3 Å². The summed E-state index contributed by atoms with van der Waals surface area (Å²) in [5.41, 5.74) is 7.57. The summed E-state index contributed by atoms with van der Waals surface area (Å²) >= 11 is 4.96. The van der Waals surface area contributed by atoms with Gasteiger partial charge in [-0.1, -0.05) is 12.2 Å². The highest BCUT2D eigenvalue weighted by atomic mass is 32.1. The molecular formula is C12H15N3S. The number of nitrogens with zero attached hydrogens (tertiary/aromatic N) is 2. The van der Waals surface area contributed by atoms with Gasteiger partial charge in [-0.2, -0.15) is 0 Å². The van der Waals surface area contributed by atoms with Crippen molar-refractivity contribution in [3.63, 3.8) is 0 Å². The summed E-state index contributed by atoms with van der Waals surface area (Å²) in [6, 6.07) is 4.80. The SMILES string of the molecule is NC(=S)c1cc(N2CC3CCC2C3)ccn1. The second kappa shape index (κ2) is 3.70. The van der Waals surface area contributed by atoms with Crippen LogP contribution in [0.5, 0.6) is 0 Å².